The predicted molar refractivity (Wildman–Crippen MR) is 125 cm³/mol. The van der Waals surface area contributed by atoms with Crippen molar-refractivity contribution in [1.82, 2.24) is 0 Å². The van der Waals surface area contributed by atoms with Crippen LogP contribution in [0.15, 0.2) is 66.4 Å². The molecular weight excluding hydrogens is 436 g/mol. The van der Waals surface area contributed by atoms with Crippen LogP contribution in [-0.4, -0.2) is 32.6 Å². The molecule has 0 unspecified atom stereocenters. The van der Waals surface area contributed by atoms with Crippen LogP contribution in [0, 0.1) is 6.92 Å². The summed E-state index contributed by atoms with van der Waals surface area (Å²) in [6, 6.07) is 18.0. The zero-order valence-corrected chi connectivity index (χ0v) is 19.1. The van der Waals surface area contributed by atoms with E-state index in [1.54, 1.807) is 57.6 Å². The summed E-state index contributed by atoms with van der Waals surface area (Å²) in [7, 11) is 3.11. The Labute approximate surface area is 197 Å². The summed E-state index contributed by atoms with van der Waals surface area (Å²) >= 11 is 0. The topological polar surface area (TPSA) is 80.3 Å². The fourth-order valence-corrected chi connectivity index (χ4v) is 3.56. The van der Waals surface area contributed by atoms with Crippen molar-refractivity contribution in [2.45, 2.75) is 13.5 Å². The standard InChI is InChI=1S/C27H24O7/c1-17-11-21(32-16-25(28)33-15-18-7-5-4-6-8-18)14-23-26(17)27(29)24(34-23)12-19-9-10-20(30-2)13-22(19)31-3/h4-14H,15-16H2,1-3H3/b24-12-. The molecule has 0 radical (unpaired) electrons. The van der Waals surface area contributed by atoms with Crippen molar-refractivity contribution in [2.75, 3.05) is 20.8 Å². The van der Waals surface area contributed by atoms with Gasteiger partial charge in [0.2, 0.25) is 5.78 Å². The molecule has 0 bridgehead atoms. The van der Waals surface area contributed by atoms with E-state index in [0.29, 0.717) is 39.7 Å². The number of allylic oxidation sites excluding steroid dienone is 1. The van der Waals surface area contributed by atoms with Gasteiger partial charge in [-0.25, -0.2) is 4.79 Å². The molecular formula is C27H24O7. The summed E-state index contributed by atoms with van der Waals surface area (Å²) in [5.74, 6) is 1.40. The van der Waals surface area contributed by atoms with Crippen molar-refractivity contribution in [3.63, 3.8) is 0 Å². The first-order valence-corrected chi connectivity index (χ1v) is 10.6. The molecule has 0 saturated heterocycles. The summed E-state index contributed by atoms with van der Waals surface area (Å²) in [6.07, 6.45) is 1.63. The van der Waals surface area contributed by atoms with Gasteiger partial charge in [0.1, 0.15) is 29.6 Å². The van der Waals surface area contributed by atoms with E-state index in [-0.39, 0.29) is 24.8 Å². The average molecular weight is 460 g/mol. The van der Waals surface area contributed by atoms with Crippen LogP contribution in [0.3, 0.4) is 0 Å². The summed E-state index contributed by atoms with van der Waals surface area (Å²) in [4.78, 5) is 25.0. The fraction of sp³-hybridized carbons (Fsp3) is 0.185. The lowest BCUT2D eigenvalue weighted by Gasteiger charge is -2.09. The number of hydrogen-bond acceptors (Lipinski definition) is 7. The number of Topliss-reactive ketones (excluding diaryl/α,β-unsaturated/α-hetero) is 1. The third-order valence-corrected chi connectivity index (χ3v) is 5.27. The maximum absolute atomic E-state index is 13.0. The Morgan fingerprint density at radius 2 is 1.76 bits per heavy atom. The minimum Gasteiger partial charge on any atom is -0.497 e. The van der Waals surface area contributed by atoms with Gasteiger partial charge in [-0.1, -0.05) is 30.3 Å². The molecule has 0 N–H and O–H groups in total. The Hall–Kier alpha value is -4.26. The molecule has 1 aliphatic rings. The van der Waals surface area contributed by atoms with Crippen molar-refractivity contribution < 1.29 is 33.3 Å². The molecule has 0 aliphatic carbocycles. The predicted octanol–water partition coefficient (Wildman–Crippen LogP) is 4.75. The van der Waals surface area contributed by atoms with E-state index in [1.165, 1.54) is 0 Å². The first-order chi connectivity index (χ1) is 16.5. The molecule has 34 heavy (non-hydrogen) atoms. The largest absolute Gasteiger partial charge is 0.497 e. The quantitative estimate of drug-likeness (QED) is 0.354. The molecule has 0 spiro atoms. The van der Waals surface area contributed by atoms with Gasteiger partial charge in [-0.15, -0.1) is 0 Å². The highest BCUT2D eigenvalue weighted by molar-refractivity contribution is 6.15. The van der Waals surface area contributed by atoms with E-state index in [2.05, 4.69) is 0 Å². The van der Waals surface area contributed by atoms with Gasteiger partial charge < -0.3 is 23.7 Å². The number of esters is 1. The lowest BCUT2D eigenvalue weighted by molar-refractivity contribution is -0.147. The normalized spacial score (nSPS) is 13.3. The van der Waals surface area contributed by atoms with Crippen molar-refractivity contribution in [3.05, 3.63) is 88.7 Å². The van der Waals surface area contributed by atoms with Crippen molar-refractivity contribution in [1.29, 1.82) is 0 Å². The van der Waals surface area contributed by atoms with E-state index < -0.39 is 5.97 Å². The Morgan fingerprint density at radius 3 is 2.50 bits per heavy atom. The van der Waals surface area contributed by atoms with E-state index in [9.17, 15) is 9.59 Å². The number of hydrogen-bond donors (Lipinski definition) is 0. The van der Waals surface area contributed by atoms with Gasteiger partial charge in [-0.2, -0.15) is 0 Å². The molecule has 174 valence electrons. The van der Waals surface area contributed by atoms with E-state index >= 15 is 0 Å². The molecule has 0 saturated carbocycles. The summed E-state index contributed by atoms with van der Waals surface area (Å²) in [5.41, 5.74) is 2.71. The highest BCUT2D eigenvalue weighted by atomic mass is 16.6. The summed E-state index contributed by atoms with van der Waals surface area (Å²) in [5, 5.41) is 0. The highest BCUT2D eigenvalue weighted by Crippen LogP contribution is 2.38. The Bertz CT molecular complexity index is 1250. The number of benzene rings is 3. The van der Waals surface area contributed by atoms with Gasteiger partial charge in [0.15, 0.2) is 12.4 Å². The minimum absolute atomic E-state index is 0.168. The first-order valence-electron chi connectivity index (χ1n) is 10.6. The molecule has 7 heteroatoms. The van der Waals surface area contributed by atoms with Gasteiger partial charge in [0.05, 0.1) is 19.8 Å². The number of ether oxygens (including phenoxy) is 5. The molecule has 1 heterocycles. The second-order valence-electron chi connectivity index (χ2n) is 7.60. The lowest BCUT2D eigenvalue weighted by Crippen LogP contribution is -2.14. The Morgan fingerprint density at radius 1 is 0.971 bits per heavy atom. The van der Waals surface area contributed by atoms with Crippen LogP contribution in [0.25, 0.3) is 6.08 Å². The monoisotopic (exact) mass is 460 g/mol. The molecule has 0 amide bonds. The number of fused-ring (bicyclic) bond motifs is 1. The van der Waals surface area contributed by atoms with E-state index in [0.717, 1.165) is 5.56 Å². The van der Waals surface area contributed by atoms with Gasteiger partial charge in [0, 0.05) is 17.7 Å². The van der Waals surface area contributed by atoms with Gasteiger partial charge in [-0.05, 0) is 42.3 Å². The molecule has 0 fully saturated rings. The molecule has 0 aromatic heterocycles. The van der Waals surface area contributed by atoms with Crippen LogP contribution in [-0.2, 0) is 16.1 Å². The number of carbonyl (C=O) groups excluding carboxylic acids is 2. The van der Waals surface area contributed by atoms with Gasteiger partial charge in [0.25, 0.3) is 0 Å². The molecule has 1 aliphatic heterocycles. The van der Waals surface area contributed by atoms with Gasteiger partial charge >= 0.3 is 5.97 Å². The molecule has 7 nitrogen and oxygen atoms in total. The van der Waals surface area contributed by atoms with Crippen molar-refractivity contribution in [2.24, 2.45) is 0 Å². The number of rotatable bonds is 8. The number of aryl methyl sites for hydroxylation is 1. The van der Waals surface area contributed by atoms with Crippen LogP contribution in [0.5, 0.6) is 23.0 Å². The Balaban J connectivity index is 1.45. The minimum atomic E-state index is -0.494. The van der Waals surface area contributed by atoms with Crippen LogP contribution in [0.2, 0.25) is 0 Å². The van der Waals surface area contributed by atoms with E-state index in [4.69, 9.17) is 23.7 Å². The number of methoxy groups -OCH3 is 2. The van der Waals surface area contributed by atoms with Crippen LogP contribution >= 0.6 is 0 Å². The lowest BCUT2D eigenvalue weighted by atomic mass is 10.0. The Kier molecular flexibility index (Phi) is 6.82. The maximum atomic E-state index is 13.0. The zero-order valence-electron chi connectivity index (χ0n) is 19.1. The number of ketones is 1. The fourth-order valence-electron chi connectivity index (χ4n) is 3.56. The smallest absolute Gasteiger partial charge is 0.344 e. The third-order valence-electron chi connectivity index (χ3n) is 5.27. The molecule has 3 aromatic rings. The second kappa shape index (κ2) is 10.1. The highest BCUT2D eigenvalue weighted by Gasteiger charge is 2.30. The van der Waals surface area contributed by atoms with Gasteiger partial charge in [-0.3, -0.25) is 4.79 Å². The van der Waals surface area contributed by atoms with E-state index in [1.807, 2.05) is 30.3 Å². The van der Waals surface area contributed by atoms with Crippen molar-refractivity contribution >= 4 is 17.8 Å². The average Bonchev–Trinajstić information content (AvgIpc) is 3.17. The maximum Gasteiger partial charge on any atom is 0.344 e. The summed E-state index contributed by atoms with van der Waals surface area (Å²) in [6.45, 7) is 1.70. The van der Waals surface area contributed by atoms with Crippen LogP contribution < -0.4 is 18.9 Å². The van der Waals surface area contributed by atoms with Crippen molar-refractivity contribution in [3.8, 4) is 23.0 Å². The number of carbonyl (C=O) groups is 2. The zero-order chi connectivity index (χ0) is 24.1. The third kappa shape index (κ3) is 5.04. The molecule has 3 aromatic carbocycles. The first kappa shape index (κ1) is 22.9. The SMILES string of the molecule is COc1ccc(/C=C2\Oc3cc(OCC(=O)OCc4ccccc4)cc(C)c3C2=O)c(OC)c1. The van der Waals surface area contributed by atoms with Crippen LogP contribution in [0.4, 0.5) is 0 Å². The van der Waals surface area contributed by atoms with Crippen LogP contribution in [0.1, 0.15) is 27.0 Å². The molecule has 4 rings (SSSR count). The summed E-state index contributed by atoms with van der Waals surface area (Å²) < 4.78 is 27.3. The second-order valence-corrected chi connectivity index (χ2v) is 7.60. The molecule has 0 atom stereocenters.